The van der Waals surface area contributed by atoms with Gasteiger partial charge in [-0.1, -0.05) is 44.2 Å². The van der Waals surface area contributed by atoms with E-state index in [0.717, 1.165) is 13.2 Å². The van der Waals surface area contributed by atoms with Gasteiger partial charge in [-0.05, 0) is 18.4 Å². The number of nitrogens with one attached hydrogen (secondary N) is 1. The Labute approximate surface area is 104 Å². The van der Waals surface area contributed by atoms with Crippen LogP contribution in [0, 0.1) is 5.92 Å². The zero-order chi connectivity index (χ0) is 12.1. The average Bonchev–Trinajstić information content (AvgIpc) is 2.38. The molecule has 2 atom stereocenters. The van der Waals surface area contributed by atoms with E-state index in [4.69, 9.17) is 4.74 Å². The summed E-state index contributed by atoms with van der Waals surface area (Å²) in [5, 5.41) is 3.53. The highest BCUT2D eigenvalue weighted by molar-refractivity contribution is 5.18. The molecule has 1 N–H and O–H groups in total. The van der Waals surface area contributed by atoms with Crippen molar-refractivity contribution in [2.75, 3.05) is 13.2 Å². The quantitative estimate of drug-likeness (QED) is 0.862. The Hall–Kier alpha value is -0.860. The van der Waals surface area contributed by atoms with E-state index in [0.29, 0.717) is 12.0 Å². The smallest absolute Gasteiger partial charge is 0.0865 e. The Morgan fingerprint density at radius 2 is 2.06 bits per heavy atom. The molecule has 1 heterocycles. The average molecular weight is 233 g/mol. The maximum absolute atomic E-state index is 5.97. The zero-order valence-corrected chi connectivity index (χ0v) is 10.9. The summed E-state index contributed by atoms with van der Waals surface area (Å²) >= 11 is 0. The van der Waals surface area contributed by atoms with Gasteiger partial charge in [-0.25, -0.2) is 0 Å². The second-order valence-electron chi connectivity index (χ2n) is 5.17. The summed E-state index contributed by atoms with van der Waals surface area (Å²) in [5.41, 5.74) is 1.32. The fourth-order valence-corrected chi connectivity index (χ4v) is 2.45. The highest BCUT2D eigenvalue weighted by Gasteiger charge is 2.26. The van der Waals surface area contributed by atoms with Gasteiger partial charge in [-0.2, -0.15) is 0 Å². The minimum absolute atomic E-state index is 0.274. The Kier molecular flexibility index (Phi) is 4.57. The Morgan fingerprint density at radius 1 is 1.29 bits per heavy atom. The van der Waals surface area contributed by atoms with Crippen LogP contribution in [0.25, 0.3) is 0 Å². The lowest BCUT2D eigenvalue weighted by Crippen LogP contribution is -2.35. The third kappa shape index (κ3) is 3.55. The van der Waals surface area contributed by atoms with E-state index in [1.54, 1.807) is 0 Å². The minimum Gasteiger partial charge on any atom is -0.373 e. The highest BCUT2D eigenvalue weighted by Crippen LogP contribution is 2.33. The van der Waals surface area contributed by atoms with Crippen LogP contribution >= 0.6 is 0 Å². The van der Waals surface area contributed by atoms with Gasteiger partial charge in [-0.3, -0.25) is 0 Å². The summed E-state index contributed by atoms with van der Waals surface area (Å²) in [6.07, 6.45) is 2.73. The van der Waals surface area contributed by atoms with E-state index < -0.39 is 0 Å². The van der Waals surface area contributed by atoms with Gasteiger partial charge in [0.05, 0.1) is 6.10 Å². The molecule has 0 spiro atoms. The third-order valence-corrected chi connectivity index (χ3v) is 3.36. The van der Waals surface area contributed by atoms with Crippen LogP contribution in [0.3, 0.4) is 0 Å². The van der Waals surface area contributed by atoms with Gasteiger partial charge in [-0.15, -0.1) is 0 Å². The molecule has 1 aromatic rings. The van der Waals surface area contributed by atoms with E-state index in [9.17, 15) is 0 Å². The molecule has 2 rings (SSSR count). The van der Waals surface area contributed by atoms with Crippen LogP contribution in [0.4, 0.5) is 0 Å². The van der Waals surface area contributed by atoms with Crippen molar-refractivity contribution in [3.8, 4) is 0 Å². The fourth-order valence-electron chi connectivity index (χ4n) is 2.45. The maximum Gasteiger partial charge on any atom is 0.0865 e. The number of hydrogen-bond donors (Lipinski definition) is 1. The molecule has 1 saturated heterocycles. The van der Waals surface area contributed by atoms with Crippen LogP contribution in [0.15, 0.2) is 30.3 Å². The molecular formula is C15H23NO. The Balaban J connectivity index is 2.02. The summed E-state index contributed by atoms with van der Waals surface area (Å²) in [6.45, 7) is 6.34. The molecule has 0 aliphatic carbocycles. The van der Waals surface area contributed by atoms with E-state index in [-0.39, 0.29) is 6.10 Å². The van der Waals surface area contributed by atoms with Gasteiger partial charge < -0.3 is 10.1 Å². The highest BCUT2D eigenvalue weighted by atomic mass is 16.5. The molecule has 1 aliphatic rings. The molecule has 1 fully saturated rings. The lowest BCUT2D eigenvalue weighted by Gasteiger charge is -2.32. The third-order valence-electron chi connectivity index (χ3n) is 3.36. The first-order valence-corrected chi connectivity index (χ1v) is 6.67. The largest absolute Gasteiger partial charge is 0.373 e. The number of hydrogen-bond acceptors (Lipinski definition) is 2. The van der Waals surface area contributed by atoms with E-state index >= 15 is 0 Å². The van der Waals surface area contributed by atoms with Crippen LogP contribution in [0.1, 0.15) is 38.4 Å². The molecule has 0 amide bonds. The first-order valence-electron chi connectivity index (χ1n) is 6.67. The van der Waals surface area contributed by atoms with Crippen molar-refractivity contribution in [3.05, 3.63) is 35.9 Å². The first-order chi connectivity index (χ1) is 8.27. The molecule has 94 valence electrons. The SMILES string of the molecule is CC(C)NCC1CCCOC1c1ccccc1. The molecule has 2 nitrogen and oxygen atoms in total. The van der Waals surface area contributed by atoms with Crippen LogP contribution < -0.4 is 5.32 Å². The van der Waals surface area contributed by atoms with Crippen LogP contribution in [-0.4, -0.2) is 19.2 Å². The normalized spacial score (nSPS) is 25.1. The van der Waals surface area contributed by atoms with Crippen LogP contribution in [-0.2, 0) is 4.74 Å². The predicted octanol–water partition coefficient (Wildman–Crippen LogP) is 3.15. The molecule has 0 radical (unpaired) electrons. The van der Waals surface area contributed by atoms with Crippen molar-refractivity contribution in [2.45, 2.75) is 38.8 Å². The fraction of sp³-hybridized carbons (Fsp3) is 0.600. The molecule has 1 aromatic carbocycles. The van der Waals surface area contributed by atoms with E-state index in [2.05, 4.69) is 49.5 Å². The summed E-state index contributed by atoms with van der Waals surface area (Å²) < 4.78 is 5.97. The molecule has 0 bridgehead atoms. The second kappa shape index (κ2) is 6.18. The molecule has 0 saturated carbocycles. The van der Waals surface area contributed by atoms with E-state index in [1.165, 1.54) is 18.4 Å². The van der Waals surface area contributed by atoms with Crippen LogP contribution in [0.5, 0.6) is 0 Å². The predicted molar refractivity (Wildman–Crippen MR) is 71.0 cm³/mol. The van der Waals surface area contributed by atoms with Gasteiger partial charge in [0.1, 0.15) is 0 Å². The Bertz CT molecular complexity index is 323. The minimum atomic E-state index is 0.274. The topological polar surface area (TPSA) is 21.3 Å². The van der Waals surface area contributed by atoms with Gasteiger partial charge in [0, 0.05) is 25.1 Å². The van der Waals surface area contributed by atoms with Gasteiger partial charge in [0.25, 0.3) is 0 Å². The summed E-state index contributed by atoms with van der Waals surface area (Å²) in [7, 11) is 0. The first kappa shape index (κ1) is 12.6. The summed E-state index contributed by atoms with van der Waals surface area (Å²) in [6, 6.07) is 11.2. The lowest BCUT2D eigenvalue weighted by molar-refractivity contribution is -0.0282. The van der Waals surface area contributed by atoms with Gasteiger partial charge in [0.2, 0.25) is 0 Å². The van der Waals surface area contributed by atoms with Crippen molar-refractivity contribution < 1.29 is 4.74 Å². The monoisotopic (exact) mass is 233 g/mol. The van der Waals surface area contributed by atoms with Gasteiger partial charge in [0.15, 0.2) is 0 Å². The molecular weight excluding hydrogens is 210 g/mol. The van der Waals surface area contributed by atoms with E-state index in [1.807, 2.05) is 0 Å². The van der Waals surface area contributed by atoms with Crippen molar-refractivity contribution in [1.82, 2.24) is 5.32 Å². The molecule has 17 heavy (non-hydrogen) atoms. The standard InChI is InChI=1S/C15H23NO/c1-12(2)16-11-14-9-6-10-17-15(14)13-7-4-3-5-8-13/h3-5,7-8,12,14-16H,6,9-11H2,1-2H3. The molecule has 2 unspecified atom stereocenters. The Morgan fingerprint density at radius 3 is 2.76 bits per heavy atom. The number of rotatable bonds is 4. The molecule has 2 heteroatoms. The molecule has 1 aliphatic heterocycles. The lowest BCUT2D eigenvalue weighted by atomic mass is 9.89. The van der Waals surface area contributed by atoms with Gasteiger partial charge >= 0.3 is 0 Å². The van der Waals surface area contributed by atoms with Crippen molar-refractivity contribution in [2.24, 2.45) is 5.92 Å². The zero-order valence-electron chi connectivity index (χ0n) is 10.9. The van der Waals surface area contributed by atoms with Crippen molar-refractivity contribution >= 4 is 0 Å². The summed E-state index contributed by atoms with van der Waals surface area (Å²) in [5.74, 6) is 0.605. The van der Waals surface area contributed by atoms with Crippen molar-refractivity contribution in [1.29, 1.82) is 0 Å². The number of ether oxygens (including phenoxy) is 1. The van der Waals surface area contributed by atoms with Crippen molar-refractivity contribution in [3.63, 3.8) is 0 Å². The number of benzene rings is 1. The summed E-state index contributed by atoms with van der Waals surface area (Å²) in [4.78, 5) is 0. The maximum atomic E-state index is 5.97. The van der Waals surface area contributed by atoms with Crippen LogP contribution in [0.2, 0.25) is 0 Å². The molecule has 0 aromatic heterocycles. The second-order valence-corrected chi connectivity index (χ2v) is 5.17.